The molecule has 1 heterocycles. The number of halogens is 3. The first-order valence-corrected chi connectivity index (χ1v) is 7.08. The molecule has 0 atom stereocenters. The van der Waals surface area contributed by atoms with Crippen LogP contribution in [0.2, 0.25) is 10.3 Å². The van der Waals surface area contributed by atoms with E-state index in [0.717, 1.165) is 0 Å². The molecule has 0 radical (unpaired) electrons. The number of hydrogen-bond acceptors (Lipinski definition) is 4. The van der Waals surface area contributed by atoms with E-state index in [1.54, 1.807) is 6.26 Å². The van der Waals surface area contributed by atoms with Gasteiger partial charge in [0.25, 0.3) is 0 Å². The van der Waals surface area contributed by atoms with E-state index in [4.69, 9.17) is 23.2 Å². The Morgan fingerprint density at radius 3 is 2.16 bits per heavy atom. The van der Waals surface area contributed by atoms with Crippen molar-refractivity contribution in [2.45, 2.75) is 5.16 Å². The van der Waals surface area contributed by atoms with Crippen molar-refractivity contribution in [3.05, 3.63) is 51.5 Å². The van der Waals surface area contributed by atoms with Crippen LogP contribution in [0.25, 0.3) is 0 Å². The molecule has 0 amide bonds. The lowest BCUT2D eigenvalue weighted by Gasteiger charge is -2.06. The van der Waals surface area contributed by atoms with E-state index in [2.05, 4.69) is 9.97 Å². The standard InChI is InChI=1S/C12H7Cl2FN2OS/c1-19-12-16-10(13)8(11(14)17-12)9(18)6-2-4-7(15)5-3-6/h2-5H,1H3. The summed E-state index contributed by atoms with van der Waals surface area (Å²) in [6.07, 6.45) is 1.77. The van der Waals surface area contributed by atoms with Gasteiger partial charge in [0.05, 0.1) is 5.56 Å². The van der Waals surface area contributed by atoms with Crippen LogP contribution in [0.1, 0.15) is 15.9 Å². The molecule has 1 aromatic heterocycles. The predicted molar refractivity (Wildman–Crippen MR) is 73.7 cm³/mol. The van der Waals surface area contributed by atoms with Gasteiger partial charge in [-0.2, -0.15) is 0 Å². The van der Waals surface area contributed by atoms with Gasteiger partial charge in [-0.3, -0.25) is 4.79 Å². The average molecular weight is 317 g/mol. The third-order valence-electron chi connectivity index (χ3n) is 2.32. The van der Waals surface area contributed by atoms with E-state index in [9.17, 15) is 9.18 Å². The molecule has 3 nitrogen and oxygen atoms in total. The normalized spacial score (nSPS) is 10.5. The summed E-state index contributed by atoms with van der Waals surface area (Å²) in [5.41, 5.74) is 0.290. The third kappa shape index (κ3) is 3.05. The van der Waals surface area contributed by atoms with Crippen molar-refractivity contribution in [3.8, 4) is 0 Å². The SMILES string of the molecule is CSc1nc(Cl)c(C(=O)c2ccc(F)cc2)c(Cl)n1. The number of carbonyl (C=O) groups excluding carboxylic acids is 1. The lowest BCUT2D eigenvalue weighted by Crippen LogP contribution is -2.06. The molecule has 98 valence electrons. The lowest BCUT2D eigenvalue weighted by molar-refractivity contribution is 0.103. The van der Waals surface area contributed by atoms with Crippen molar-refractivity contribution >= 4 is 40.7 Å². The fourth-order valence-corrected chi connectivity index (χ4v) is 2.44. The Morgan fingerprint density at radius 1 is 1.16 bits per heavy atom. The van der Waals surface area contributed by atoms with E-state index in [0.29, 0.717) is 5.16 Å². The maximum absolute atomic E-state index is 12.8. The molecule has 1 aromatic carbocycles. The van der Waals surface area contributed by atoms with Crippen LogP contribution in [0.5, 0.6) is 0 Å². The molecule has 2 rings (SSSR count). The van der Waals surface area contributed by atoms with Crippen LogP contribution in [0.15, 0.2) is 29.4 Å². The Bertz CT molecular complexity index is 611. The predicted octanol–water partition coefficient (Wildman–Crippen LogP) is 3.88. The Labute approximate surface area is 123 Å². The molecule has 0 aliphatic heterocycles. The Morgan fingerprint density at radius 2 is 1.68 bits per heavy atom. The Balaban J connectivity index is 2.47. The minimum atomic E-state index is -0.442. The summed E-state index contributed by atoms with van der Waals surface area (Å²) >= 11 is 13.2. The van der Waals surface area contributed by atoms with Crippen molar-refractivity contribution in [2.75, 3.05) is 6.26 Å². The third-order valence-corrected chi connectivity index (χ3v) is 3.41. The van der Waals surface area contributed by atoms with Gasteiger partial charge in [0.15, 0.2) is 10.9 Å². The van der Waals surface area contributed by atoms with E-state index in [1.807, 2.05) is 0 Å². The maximum atomic E-state index is 12.8. The number of rotatable bonds is 3. The number of nitrogens with zero attached hydrogens (tertiary/aromatic N) is 2. The van der Waals surface area contributed by atoms with Crippen LogP contribution in [0.4, 0.5) is 4.39 Å². The zero-order valence-corrected chi connectivity index (χ0v) is 12.0. The van der Waals surface area contributed by atoms with E-state index < -0.39 is 11.6 Å². The van der Waals surface area contributed by atoms with E-state index in [1.165, 1.54) is 36.0 Å². The summed E-state index contributed by atoms with van der Waals surface area (Å²) < 4.78 is 12.8. The van der Waals surface area contributed by atoms with Crippen LogP contribution < -0.4 is 0 Å². The van der Waals surface area contributed by atoms with E-state index >= 15 is 0 Å². The van der Waals surface area contributed by atoms with Gasteiger partial charge in [-0.25, -0.2) is 14.4 Å². The molecule has 0 aliphatic rings. The smallest absolute Gasteiger partial charge is 0.199 e. The van der Waals surface area contributed by atoms with Gasteiger partial charge in [-0.05, 0) is 30.5 Å². The van der Waals surface area contributed by atoms with Gasteiger partial charge in [0.1, 0.15) is 16.1 Å². The number of ketones is 1. The van der Waals surface area contributed by atoms with Gasteiger partial charge in [-0.15, -0.1) is 0 Å². The summed E-state index contributed by atoms with van der Waals surface area (Å²) in [6.45, 7) is 0. The largest absolute Gasteiger partial charge is 0.288 e. The van der Waals surface area contributed by atoms with Crippen molar-refractivity contribution in [2.24, 2.45) is 0 Å². The van der Waals surface area contributed by atoms with E-state index in [-0.39, 0.29) is 21.4 Å². The van der Waals surface area contributed by atoms with Crippen LogP contribution in [0.3, 0.4) is 0 Å². The molecule has 0 saturated carbocycles. The van der Waals surface area contributed by atoms with Gasteiger partial charge in [-0.1, -0.05) is 35.0 Å². The highest BCUT2D eigenvalue weighted by atomic mass is 35.5. The molecule has 0 saturated heterocycles. The summed E-state index contributed by atoms with van der Waals surface area (Å²) in [5, 5.41) is 0.350. The first-order chi connectivity index (χ1) is 9.02. The molecule has 0 bridgehead atoms. The molecular formula is C12H7Cl2FN2OS. The fourth-order valence-electron chi connectivity index (χ4n) is 1.41. The highest BCUT2D eigenvalue weighted by molar-refractivity contribution is 7.98. The Kier molecular flexibility index (Phi) is 4.39. The maximum Gasteiger partial charge on any atom is 0.199 e. The zero-order chi connectivity index (χ0) is 14.0. The second-order valence-corrected chi connectivity index (χ2v) is 4.99. The summed E-state index contributed by atoms with van der Waals surface area (Å²) in [4.78, 5) is 20.1. The lowest BCUT2D eigenvalue weighted by atomic mass is 10.1. The molecule has 0 N–H and O–H groups in total. The highest BCUT2D eigenvalue weighted by Gasteiger charge is 2.20. The van der Waals surface area contributed by atoms with Crippen LogP contribution >= 0.6 is 35.0 Å². The van der Waals surface area contributed by atoms with Crippen molar-refractivity contribution in [1.29, 1.82) is 0 Å². The van der Waals surface area contributed by atoms with Crippen molar-refractivity contribution in [3.63, 3.8) is 0 Å². The second-order valence-electron chi connectivity index (χ2n) is 3.50. The quantitative estimate of drug-likeness (QED) is 0.373. The molecule has 0 unspecified atom stereocenters. The zero-order valence-electron chi connectivity index (χ0n) is 9.65. The van der Waals surface area contributed by atoms with Crippen molar-refractivity contribution < 1.29 is 9.18 Å². The summed E-state index contributed by atoms with van der Waals surface area (Å²) in [7, 11) is 0. The van der Waals surface area contributed by atoms with Gasteiger partial charge < -0.3 is 0 Å². The van der Waals surface area contributed by atoms with Crippen LogP contribution in [-0.2, 0) is 0 Å². The van der Waals surface area contributed by atoms with Crippen molar-refractivity contribution in [1.82, 2.24) is 9.97 Å². The first-order valence-electron chi connectivity index (χ1n) is 5.10. The first kappa shape index (κ1) is 14.2. The van der Waals surface area contributed by atoms with Gasteiger partial charge >= 0.3 is 0 Å². The number of benzene rings is 1. The highest BCUT2D eigenvalue weighted by Crippen LogP contribution is 2.26. The molecule has 0 aliphatic carbocycles. The van der Waals surface area contributed by atoms with Gasteiger partial charge in [0, 0.05) is 5.56 Å². The average Bonchev–Trinajstić information content (AvgIpc) is 2.38. The number of hydrogen-bond donors (Lipinski definition) is 0. The minimum Gasteiger partial charge on any atom is -0.288 e. The monoisotopic (exact) mass is 316 g/mol. The topological polar surface area (TPSA) is 42.9 Å². The second kappa shape index (κ2) is 5.86. The van der Waals surface area contributed by atoms with Crippen LogP contribution in [-0.4, -0.2) is 22.0 Å². The molecule has 7 heteroatoms. The fraction of sp³-hybridized carbons (Fsp3) is 0.0833. The molecule has 0 spiro atoms. The van der Waals surface area contributed by atoms with Gasteiger partial charge in [0.2, 0.25) is 0 Å². The summed E-state index contributed by atoms with van der Waals surface area (Å²) in [6, 6.07) is 5.08. The molecule has 19 heavy (non-hydrogen) atoms. The van der Waals surface area contributed by atoms with Crippen LogP contribution in [0, 0.1) is 5.82 Å². The molecular weight excluding hydrogens is 310 g/mol. The minimum absolute atomic E-state index is 0.0151. The number of carbonyl (C=O) groups is 1. The summed E-state index contributed by atoms with van der Waals surface area (Å²) in [5.74, 6) is -0.870. The number of thioether (sulfide) groups is 1. The number of aromatic nitrogens is 2. The molecule has 0 fully saturated rings. The Hall–Kier alpha value is -1.17. The molecule has 2 aromatic rings.